The number of aryl methyl sites for hydroxylation is 1. The quantitative estimate of drug-likeness (QED) is 0.450. The van der Waals surface area contributed by atoms with Crippen LogP contribution in [0.1, 0.15) is 27.3 Å². The van der Waals surface area contributed by atoms with Crippen LogP contribution in [0.2, 0.25) is 0 Å². The highest BCUT2D eigenvalue weighted by atomic mass is 32.1. The molecule has 0 unspecified atom stereocenters. The third kappa shape index (κ3) is 5.65. The first-order valence-electron chi connectivity index (χ1n) is 8.92. The summed E-state index contributed by atoms with van der Waals surface area (Å²) in [5.41, 5.74) is 2.15. The summed E-state index contributed by atoms with van der Waals surface area (Å²) < 4.78 is 5.43. The first kappa shape index (κ1) is 19.6. The lowest BCUT2D eigenvalue weighted by molar-refractivity contribution is -0.116. The Hall–Kier alpha value is -3.19. The Morgan fingerprint density at radius 1 is 1.18 bits per heavy atom. The van der Waals surface area contributed by atoms with Crippen LogP contribution in [0.3, 0.4) is 0 Å². The van der Waals surface area contributed by atoms with Crippen LogP contribution < -0.4 is 10.6 Å². The van der Waals surface area contributed by atoms with Crippen molar-refractivity contribution in [3.05, 3.63) is 70.3 Å². The van der Waals surface area contributed by atoms with E-state index in [-0.39, 0.29) is 11.8 Å². The number of carbonyl (C=O) groups is 2. The molecule has 1 aromatic carbocycles. The topological polar surface area (TPSA) is 84.2 Å². The number of hydrogen-bond acceptors (Lipinski definition) is 5. The highest BCUT2D eigenvalue weighted by Crippen LogP contribution is 2.23. The summed E-state index contributed by atoms with van der Waals surface area (Å²) in [6.07, 6.45) is 5.32. The van der Waals surface area contributed by atoms with E-state index in [1.165, 1.54) is 23.7 Å². The Labute approximate surface area is 167 Å². The van der Waals surface area contributed by atoms with Gasteiger partial charge in [0.05, 0.1) is 10.6 Å². The van der Waals surface area contributed by atoms with Crippen LogP contribution in [0.5, 0.6) is 0 Å². The fraction of sp³-hybridized carbons (Fsp3) is 0.190. The molecule has 0 atom stereocenters. The van der Waals surface area contributed by atoms with Crippen molar-refractivity contribution >= 4 is 29.2 Å². The van der Waals surface area contributed by atoms with Gasteiger partial charge in [0.25, 0.3) is 5.91 Å². The van der Waals surface area contributed by atoms with Gasteiger partial charge in [-0.2, -0.15) is 0 Å². The Kier molecular flexibility index (Phi) is 6.75. The molecule has 28 heavy (non-hydrogen) atoms. The molecule has 6 nitrogen and oxygen atoms in total. The van der Waals surface area contributed by atoms with Gasteiger partial charge in [0.15, 0.2) is 5.76 Å². The van der Waals surface area contributed by atoms with Crippen LogP contribution in [0.15, 0.2) is 58.5 Å². The molecule has 2 N–H and O–H groups in total. The zero-order chi connectivity index (χ0) is 19.8. The SMILES string of the molecule is Cc1nc(-c2cc(C(=O)NCCCNC(=O)C=Cc3ccccc3)co2)cs1. The molecule has 2 heterocycles. The van der Waals surface area contributed by atoms with E-state index < -0.39 is 0 Å². The number of aromatic nitrogens is 1. The number of rotatable bonds is 8. The number of nitrogens with zero attached hydrogens (tertiary/aromatic N) is 1. The Morgan fingerprint density at radius 2 is 1.96 bits per heavy atom. The minimum Gasteiger partial charge on any atom is -0.462 e. The molecular formula is C21H21N3O3S. The van der Waals surface area contributed by atoms with E-state index in [1.807, 2.05) is 42.6 Å². The lowest BCUT2D eigenvalue weighted by atomic mass is 10.2. The molecular weight excluding hydrogens is 374 g/mol. The predicted octanol–water partition coefficient (Wildman–Crippen LogP) is 3.66. The van der Waals surface area contributed by atoms with Gasteiger partial charge in [-0.25, -0.2) is 4.98 Å². The van der Waals surface area contributed by atoms with Gasteiger partial charge in [-0.15, -0.1) is 11.3 Å². The highest BCUT2D eigenvalue weighted by Gasteiger charge is 2.12. The van der Waals surface area contributed by atoms with Crippen LogP contribution in [0.4, 0.5) is 0 Å². The molecule has 0 aliphatic carbocycles. The zero-order valence-corrected chi connectivity index (χ0v) is 16.3. The van der Waals surface area contributed by atoms with E-state index in [1.54, 1.807) is 12.1 Å². The minimum atomic E-state index is -0.211. The van der Waals surface area contributed by atoms with Crippen LogP contribution in [0, 0.1) is 6.92 Å². The second-order valence-corrected chi connectivity index (χ2v) is 7.16. The van der Waals surface area contributed by atoms with E-state index in [0.29, 0.717) is 30.8 Å². The lowest BCUT2D eigenvalue weighted by Crippen LogP contribution is -2.28. The molecule has 0 fully saturated rings. The summed E-state index contributed by atoms with van der Waals surface area (Å²) in [7, 11) is 0. The van der Waals surface area contributed by atoms with Crippen molar-refractivity contribution in [1.29, 1.82) is 0 Å². The molecule has 0 spiro atoms. The van der Waals surface area contributed by atoms with E-state index in [4.69, 9.17) is 4.42 Å². The molecule has 0 aliphatic rings. The van der Waals surface area contributed by atoms with E-state index in [2.05, 4.69) is 15.6 Å². The maximum absolute atomic E-state index is 12.2. The minimum absolute atomic E-state index is 0.159. The molecule has 7 heteroatoms. The van der Waals surface area contributed by atoms with Crippen molar-refractivity contribution in [3.8, 4) is 11.5 Å². The Balaban J connectivity index is 1.36. The summed E-state index contributed by atoms with van der Waals surface area (Å²) >= 11 is 1.53. The molecule has 2 amide bonds. The van der Waals surface area contributed by atoms with Crippen molar-refractivity contribution in [2.24, 2.45) is 0 Å². The van der Waals surface area contributed by atoms with E-state index >= 15 is 0 Å². The van der Waals surface area contributed by atoms with Crippen molar-refractivity contribution in [2.75, 3.05) is 13.1 Å². The molecule has 3 rings (SSSR count). The van der Waals surface area contributed by atoms with Crippen LogP contribution >= 0.6 is 11.3 Å². The number of thiazole rings is 1. The zero-order valence-electron chi connectivity index (χ0n) is 15.5. The summed E-state index contributed by atoms with van der Waals surface area (Å²) in [6.45, 7) is 2.85. The van der Waals surface area contributed by atoms with Gasteiger partial charge in [0.2, 0.25) is 5.91 Å². The third-order valence-electron chi connectivity index (χ3n) is 3.90. The number of hydrogen-bond donors (Lipinski definition) is 2. The molecule has 0 saturated carbocycles. The number of furan rings is 1. The van der Waals surface area contributed by atoms with Crippen LogP contribution in [0.25, 0.3) is 17.5 Å². The molecule has 0 saturated heterocycles. The summed E-state index contributed by atoms with van der Waals surface area (Å²) in [4.78, 5) is 28.3. The fourth-order valence-corrected chi connectivity index (χ4v) is 3.07. The van der Waals surface area contributed by atoms with E-state index in [0.717, 1.165) is 16.3 Å². The number of amides is 2. The first-order chi connectivity index (χ1) is 13.6. The number of benzene rings is 1. The fourth-order valence-electron chi connectivity index (χ4n) is 2.47. The number of nitrogens with one attached hydrogen (secondary N) is 2. The third-order valence-corrected chi connectivity index (χ3v) is 4.67. The molecule has 2 aromatic heterocycles. The summed E-state index contributed by atoms with van der Waals surface area (Å²) in [5, 5.41) is 8.44. The van der Waals surface area contributed by atoms with Crippen molar-refractivity contribution in [2.45, 2.75) is 13.3 Å². The van der Waals surface area contributed by atoms with Crippen molar-refractivity contribution < 1.29 is 14.0 Å². The van der Waals surface area contributed by atoms with Gasteiger partial charge in [-0.3, -0.25) is 9.59 Å². The lowest BCUT2D eigenvalue weighted by Gasteiger charge is -2.04. The largest absolute Gasteiger partial charge is 0.462 e. The smallest absolute Gasteiger partial charge is 0.254 e. The van der Waals surface area contributed by atoms with Crippen LogP contribution in [-0.2, 0) is 4.79 Å². The maximum Gasteiger partial charge on any atom is 0.254 e. The Bertz CT molecular complexity index is 960. The molecule has 0 radical (unpaired) electrons. The highest BCUT2D eigenvalue weighted by molar-refractivity contribution is 7.09. The van der Waals surface area contributed by atoms with Gasteiger partial charge in [0.1, 0.15) is 12.0 Å². The Morgan fingerprint density at radius 3 is 2.71 bits per heavy atom. The monoisotopic (exact) mass is 395 g/mol. The molecule has 3 aromatic rings. The summed E-state index contributed by atoms with van der Waals surface area (Å²) in [5.74, 6) is 0.206. The maximum atomic E-state index is 12.2. The average Bonchev–Trinajstić information content (AvgIpc) is 3.36. The number of carbonyl (C=O) groups excluding carboxylic acids is 2. The molecule has 0 aliphatic heterocycles. The van der Waals surface area contributed by atoms with Gasteiger partial charge in [-0.1, -0.05) is 30.3 Å². The normalized spacial score (nSPS) is 10.9. The van der Waals surface area contributed by atoms with Gasteiger partial charge in [-0.05, 0) is 31.1 Å². The second-order valence-electron chi connectivity index (χ2n) is 6.10. The van der Waals surface area contributed by atoms with Gasteiger partial charge < -0.3 is 15.1 Å². The van der Waals surface area contributed by atoms with E-state index in [9.17, 15) is 9.59 Å². The summed E-state index contributed by atoms with van der Waals surface area (Å²) in [6, 6.07) is 11.3. The standard InChI is InChI=1S/C21H21N3O3S/c1-15-24-18(14-28-15)19-12-17(13-27-19)21(26)23-11-5-10-22-20(25)9-8-16-6-3-2-4-7-16/h2-4,6-9,12-14H,5,10-11H2,1H3,(H,22,25)(H,23,26). The predicted molar refractivity (Wildman–Crippen MR) is 110 cm³/mol. The first-order valence-corrected chi connectivity index (χ1v) is 9.80. The van der Waals surface area contributed by atoms with Gasteiger partial charge in [0, 0.05) is 24.5 Å². The van der Waals surface area contributed by atoms with Gasteiger partial charge >= 0.3 is 0 Å². The van der Waals surface area contributed by atoms with Crippen LogP contribution in [-0.4, -0.2) is 29.9 Å². The second kappa shape index (κ2) is 9.66. The van der Waals surface area contributed by atoms with Crippen molar-refractivity contribution in [1.82, 2.24) is 15.6 Å². The molecule has 0 bridgehead atoms. The molecule has 144 valence electrons. The average molecular weight is 395 g/mol. The van der Waals surface area contributed by atoms with Crippen molar-refractivity contribution in [3.63, 3.8) is 0 Å².